The van der Waals surface area contributed by atoms with Crippen molar-refractivity contribution >= 4 is 59.1 Å². The van der Waals surface area contributed by atoms with Crippen LogP contribution in [-0.2, 0) is 73.4 Å². The Kier molecular flexibility index (Phi) is 22.8. The van der Waals surface area contributed by atoms with Gasteiger partial charge in [-0.3, -0.25) is 4.79 Å². The third-order valence-electron chi connectivity index (χ3n) is 17.7. The molecule has 10 aromatic carbocycles. The molecule has 13 nitrogen and oxygen atoms in total. The molecule has 10 atom stereocenters. The first-order valence-electron chi connectivity index (χ1n) is 33.0. The lowest BCUT2D eigenvalue weighted by Crippen LogP contribution is -2.70. The van der Waals surface area contributed by atoms with Gasteiger partial charge in [-0.05, 0) is 97.8 Å². The number of amides is 1. The van der Waals surface area contributed by atoms with Crippen molar-refractivity contribution in [3.05, 3.63) is 318 Å². The summed E-state index contributed by atoms with van der Waals surface area (Å²) >= 11 is 1.51. The van der Waals surface area contributed by atoms with Crippen LogP contribution in [0.1, 0.15) is 69.3 Å². The van der Waals surface area contributed by atoms with E-state index in [1.54, 1.807) is 48.5 Å². The molecule has 10 aromatic rings. The van der Waals surface area contributed by atoms with Crippen LogP contribution in [0.3, 0.4) is 0 Å². The fourth-order valence-corrected chi connectivity index (χ4v) is 18.5. The molecule has 15 heteroatoms. The van der Waals surface area contributed by atoms with E-state index in [0.29, 0.717) is 5.56 Å². The van der Waals surface area contributed by atoms with Gasteiger partial charge in [-0.2, -0.15) is 0 Å². The zero-order valence-corrected chi connectivity index (χ0v) is 56.7. The lowest BCUT2D eigenvalue weighted by molar-refractivity contribution is -0.327. The summed E-state index contributed by atoms with van der Waals surface area (Å²) in [6.45, 7) is 8.55. The Labute approximate surface area is 573 Å². The summed E-state index contributed by atoms with van der Waals surface area (Å²) < 4.78 is 65.7. The number of ether oxygens (including phenoxy) is 8. The molecule has 0 aliphatic carbocycles. The summed E-state index contributed by atoms with van der Waals surface area (Å²) in [4.78, 5) is 45.5. The lowest BCUT2D eigenvalue weighted by atomic mass is 9.94. The van der Waals surface area contributed by atoms with Crippen LogP contribution in [0.25, 0.3) is 10.8 Å². The second-order valence-electron chi connectivity index (χ2n) is 25.5. The summed E-state index contributed by atoms with van der Waals surface area (Å²) in [5, 5.41) is 6.95. The van der Waals surface area contributed by atoms with Crippen molar-refractivity contribution in [2.75, 3.05) is 13.2 Å². The number of benzene rings is 10. The molecule has 0 unspecified atom stereocenters. The highest BCUT2D eigenvalue weighted by Gasteiger charge is 2.57. The molecule has 12 rings (SSSR count). The fraction of sp³-hybridized carbons (Fsp3) is 0.256. The van der Waals surface area contributed by atoms with Crippen LogP contribution < -0.4 is 15.7 Å². The monoisotopic (exact) mass is 1330 g/mol. The molecule has 0 spiro atoms. The number of carbonyl (C=O) groups excluding carboxylic acids is 3. The van der Waals surface area contributed by atoms with Gasteiger partial charge in [-0.15, -0.1) is 0 Å². The summed E-state index contributed by atoms with van der Waals surface area (Å²) in [5.74, 6) is -1.77. The van der Waals surface area contributed by atoms with Gasteiger partial charge in [0.25, 0.3) is 8.32 Å². The number of thioether (sulfide) groups is 1. The number of nitrogens with one attached hydrogen (secondary N) is 1. The molecule has 2 heterocycles. The summed E-state index contributed by atoms with van der Waals surface area (Å²) in [5.41, 5.74) is 4.22. The van der Waals surface area contributed by atoms with E-state index in [0.717, 1.165) is 53.9 Å². The molecule has 2 aliphatic heterocycles. The number of aryl methyl sites for hydroxylation is 1. The molecule has 496 valence electrons. The number of fused-ring (bicyclic) bond motifs is 1. The van der Waals surface area contributed by atoms with Crippen molar-refractivity contribution < 1.29 is 56.7 Å². The molecule has 2 fully saturated rings. The Morgan fingerprint density at radius 1 is 0.464 bits per heavy atom. The maximum Gasteiger partial charge on any atom is 0.338 e. The third-order valence-corrected chi connectivity index (χ3v) is 23.8. The molecule has 2 aliphatic rings. The van der Waals surface area contributed by atoms with Gasteiger partial charge in [-0.25, -0.2) is 9.59 Å². The van der Waals surface area contributed by atoms with Crippen molar-refractivity contribution in [1.29, 1.82) is 0 Å². The molecule has 1 amide bonds. The minimum Gasteiger partial charge on any atom is -0.459 e. The van der Waals surface area contributed by atoms with Gasteiger partial charge in [0.05, 0.1) is 44.0 Å². The van der Waals surface area contributed by atoms with E-state index in [1.807, 2.05) is 158 Å². The minimum atomic E-state index is -3.37. The van der Waals surface area contributed by atoms with Gasteiger partial charge in [0.2, 0.25) is 5.91 Å². The Morgan fingerprint density at radius 3 is 1.53 bits per heavy atom. The average Bonchev–Trinajstić information content (AvgIpc) is 0.740. The van der Waals surface area contributed by atoms with E-state index in [1.165, 1.54) is 11.8 Å². The Hall–Kier alpha value is -8.84. The number of hydrogen-bond donors (Lipinski definition) is 1. The zero-order valence-electron chi connectivity index (χ0n) is 54.9. The Bertz CT molecular complexity index is 4080. The first kappa shape index (κ1) is 68.1. The highest BCUT2D eigenvalue weighted by atomic mass is 32.2. The Balaban J connectivity index is 1.03. The highest BCUT2D eigenvalue weighted by molar-refractivity contribution is 7.99. The number of hydrogen-bond acceptors (Lipinski definition) is 13. The second-order valence-corrected chi connectivity index (χ2v) is 31.0. The summed E-state index contributed by atoms with van der Waals surface area (Å²) in [7, 11) is -3.37. The van der Waals surface area contributed by atoms with Gasteiger partial charge in [0.15, 0.2) is 12.4 Å². The SMILES string of the molecule is Cc1ccc(S[C@@H]2O[C@H](CO[Si](c3ccccc3)(c3ccccc3)C(C)(C)C)[C@@H](O[C@H]3O[C@H](COC(=O)c4ccccc4)[C@@H](OCc4ccc5ccccc5c4)[C@H](OC(=O)c4ccccc4)[C@H]3NC(=O)Cc3ccccc3)[C@H](OCc3ccccc3)[C@H]2OCc2ccccc2)cc1. The van der Waals surface area contributed by atoms with Crippen molar-refractivity contribution in [3.8, 4) is 0 Å². The van der Waals surface area contributed by atoms with Crippen LogP contribution in [0.15, 0.2) is 284 Å². The molecule has 1 N–H and O–H groups in total. The molecular formula is C82H81NO12SSi. The van der Waals surface area contributed by atoms with E-state index in [9.17, 15) is 4.79 Å². The summed E-state index contributed by atoms with van der Waals surface area (Å²) in [6, 6.07) is 88.3. The van der Waals surface area contributed by atoms with Crippen molar-refractivity contribution in [1.82, 2.24) is 5.32 Å². The van der Waals surface area contributed by atoms with Crippen molar-refractivity contribution in [3.63, 3.8) is 0 Å². The normalized spacial score (nSPS) is 21.1. The molecule has 0 bridgehead atoms. The molecule has 97 heavy (non-hydrogen) atoms. The standard InChI is InChI=1S/C82H81NO12SSi/c1-57-44-48-66(49-45-57)96-81-77(89-53-60-32-16-7-17-33-60)76(88-52-59-30-14-6-15-31-59)74(70(93-81)56-91-97(82(2,3)4,67-40-22-10-23-41-67)68-42-24-11-25-43-68)95-80-72(83-71(84)51-58-28-12-5-13-29-58)75(94-79(86)64-37-20-9-21-38-64)73(69(92-80)55-90-78(85)63-35-18-8-19-36-63)87-54-61-46-47-62-34-26-27-39-65(62)50-61/h5-50,69-70,72-77,80-81H,51-56H2,1-4H3,(H,83,84)/t69-,70-,72-,73-,74-,75-,76+,77-,80-,81+/m1/s1. The van der Waals surface area contributed by atoms with Crippen LogP contribution in [0.5, 0.6) is 0 Å². The highest BCUT2D eigenvalue weighted by Crippen LogP contribution is 2.43. The van der Waals surface area contributed by atoms with Crippen LogP contribution in [0.2, 0.25) is 5.04 Å². The molecule has 0 aromatic heterocycles. The van der Waals surface area contributed by atoms with Gasteiger partial charge in [-0.1, -0.05) is 275 Å². The van der Waals surface area contributed by atoms with E-state index in [-0.39, 0.29) is 38.4 Å². The largest absolute Gasteiger partial charge is 0.459 e. The van der Waals surface area contributed by atoms with Crippen LogP contribution in [-0.4, -0.2) is 99.9 Å². The fourth-order valence-electron chi connectivity index (χ4n) is 12.8. The van der Waals surface area contributed by atoms with Gasteiger partial charge < -0.3 is 47.6 Å². The predicted molar refractivity (Wildman–Crippen MR) is 380 cm³/mol. The smallest absolute Gasteiger partial charge is 0.338 e. The first-order valence-corrected chi connectivity index (χ1v) is 35.8. The topological polar surface area (TPSA) is 146 Å². The number of carbonyl (C=O) groups is 3. The lowest BCUT2D eigenvalue weighted by Gasteiger charge is -2.51. The molecular weight excluding hydrogens is 1250 g/mol. The van der Waals surface area contributed by atoms with Gasteiger partial charge >= 0.3 is 11.9 Å². The number of rotatable bonds is 26. The van der Waals surface area contributed by atoms with E-state index in [4.69, 9.17) is 42.3 Å². The average molecular weight is 1330 g/mol. The predicted octanol–water partition coefficient (Wildman–Crippen LogP) is 14.2. The van der Waals surface area contributed by atoms with Crippen molar-refractivity contribution in [2.24, 2.45) is 0 Å². The zero-order chi connectivity index (χ0) is 67.0. The maximum absolute atomic E-state index is 15.2. The molecule has 2 saturated heterocycles. The van der Waals surface area contributed by atoms with E-state index < -0.39 is 98.3 Å². The van der Waals surface area contributed by atoms with Crippen LogP contribution in [0, 0.1) is 6.92 Å². The van der Waals surface area contributed by atoms with Gasteiger partial charge in [0.1, 0.15) is 54.7 Å². The molecule has 0 radical (unpaired) electrons. The maximum atomic E-state index is 15.2. The quantitative estimate of drug-likeness (QED) is 0.0406. The minimum absolute atomic E-state index is 0.00835. The summed E-state index contributed by atoms with van der Waals surface area (Å²) in [6.07, 6.45) is -9.53. The number of esters is 2. The van der Waals surface area contributed by atoms with Crippen LogP contribution in [0.4, 0.5) is 0 Å². The van der Waals surface area contributed by atoms with E-state index >= 15 is 9.59 Å². The molecule has 0 saturated carbocycles. The Morgan fingerprint density at radius 2 is 0.948 bits per heavy atom. The third kappa shape index (κ3) is 17.1. The van der Waals surface area contributed by atoms with Crippen LogP contribution >= 0.6 is 11.8 Å². The first-order chi connectivity index (χ1) is 47.3. The second kappa shape index (κ2) is 32.5. The van der Waals surface area contributed by atoms with E-state index in [2.05, 4.69) is 106 Å². The van der Waals surface area contributed by atoms with Crippen molar-refractivity contribution in [2.45, 2.75) is 124 Å². The van der Waals surface area contributed by atoms with Gasteiger partial charge in [0, 0.05) is 4.90 Å².